The lowest BCUT2D eigenvalue weighted by atomic mass is 9.85. The number of para-hydroxylation sites is 2. The molecule has 18 heavy (non-hydrogen) atoms. The van der Waals surface area contributed by atoms with Crippen LogP contribution >= 0.6 is 0 Å². The first-order valence-electron chi connectivity index (χ1n) is 6.66. The predicted octanol–water partition coefficient (Wildman–Crippen LogP) is 2.67. The van der Waals surface area contributed by atoms with Gasteiger partial charge in [-0.3, -0.25) is 0 Å². The molecule has 1 fully saturated rings. The van der Waals surface area contributed by atoms with Gasteiger partial charge in [-0.2, -0.15) is 0 Å². The molecule has 0 radical (unpaired) electrons. The number of aromatic amines is 1. The molecule has 3 rings (SSSR count). The van der Waals surface area contributed by atoms with Crippen LogP contribution in [0.5, 0.6) is 0 Å². The Morgan fingerprint density at radius 2 is 2.00 bits per heavy atom. The number of H-pyrrole nitrogens is 1. The number of hydrogen-bond donors (Lipinski definition) is 3. The Balaban J connectivity index is 1.69. The number of anilines is 1. The smallest absolute Gasteiger partial charge is 0.201 e. The van der Waals surface area contributed by atoms with E-state index in [4.69, 9.17) is 0 Å². The molecule has 1 heterocycles. The van der Waals surface area contributed by atoms with Crippen molar-refractivity contribution >= 4 is 17.0 Å². The van der Waals surface area contributed by atoms with E-state index in [0.29, 0.717) is 6.54 Å². The van der Waals surface area contributed by atoms with Crippen LogP contribution in [0.2, 0.25) is 0 Å². The average molecular weight is 245 g/mol. The van der Waals surface area contributed by atoms with Crippen LogP contribution in [0.25, 0.3) is 11.0 Å². The summed E-state index contributed by atoms with van der Waals surface area (Å²) in [6.45, 7) is 0.576. The summed E-state index contributed by atoms with van der Waals surface area (Å²) in [6.07, 6.45) is 5.27. The molecule has 1 aliphatic carbocycles. The normalized spacial score (nSPS) is 18.9. The van der Waals surface area contributed by atoms with Crippen molar-refractivity contribution in [2.75, 3.05) is 11.9 Å². The molecule has 1 aromatic carbocycles. The third-order valence-electron chi connectivity index (χ3n) is 3.76. The van der Waals surface area contributed by atoms with Gasteiger partial charge in [0.25, 0.3) is 0 Å². The van der Waals surface area contributed by atoms with Crippen LogP contribution in [0.4, 0.5) is 5.95 Å². The summed E-state index contributed by atoms with van der Waals surface area (Å²) in [5.41, 5.74) is 1.42. The van der Waals surface area contributed by atoms with E-state index in [1.165, 1.54) is 6.42 Å². The molecule has 4 nitrogen and oxygen atoms in total. The van der Waals surface area contributed by atoms with E-state index in [-0.39, 0.29) is 0 Å². The molecule has 1 saturated carbocycles. The van der Waals surface area contributed by atoms with Crippen LogP contribution < -0.4 is 5.32 Å². The number of benzene rings is 1. The maximum absolute atomic E-state index is 10.4. The molecule has 0 aliphatic heterocycles. The van der Waals surface area contributed by atoms with Crippen LogP contribution in [0.1, 0.15) is 32.1 Å². The average Bonchev–Trinajstić information content (AvgIpc) is 2.80. The summed E-state index contributed by atoms with van der Waals surface area (Å²) in [5.74, 6) is 0.746. The number of hydrogen-bond acceptors (Lipinski definition) is 3. The molecule has 3 N–H and O–H groups in total. The van der Waals surface area contributed by atoms with Gasteiger partial charge < -0.3 is 15.4 Å². The van der Waals surface area contributed by atoms with E-state index in [0.717, 1.165) is 42.7 Å². The molecule has 0 amide bonds. The minimum absolute atomic E-state index is 0.558. The van der Waals surface area contributed by atoms with Gasteiger partial charge in [-0.25, -0.2) is 4.98 Å². The molecule has 0 spiro atoms. The first-order valence-corrected chi connectivity index (χ1v) is 6.66. The highest BCUT2D eigenvalue weighted by Gasteiger charge is 2.28. The Morgan fingerprint density at radius 3 is 2.78 bits per heavy atom. The summed E-state index contributed by atoms with van der Waals surface area (Å²) in [6, 6.07) is 7.94. The van der Waals surface area contributed by atoms with Gasteiger partial charge in [-0.05, 0) is 25.0 Å². The Hall–Kier alpha value is -1.55. The first kappa shape index (κ1) is 11.5. The lowest BCUT2D eigenvalue weighted by Gasteiger charge is -2.31. The molecule has 2 aromatic rings. The second-order valence-corrected chi connectivity index (χ2v) is 5.24. The largest absolute Gasteiger partial charge is 0.388 e. The maximum Gasteiger partial charge on any atom is 0.201 e. The molecule has 0 unspecified atom stereocenters. The van der Waals surface area contributed by atoms with E-state index < -0.39 is 5.60 Å². The van der Waals surface area contributed by atoms with Crippen molar-refractivity contribution < 1.29 is 5.11 Å². The third kappa shape index (κ3) is 2.34. The maximum atomic E-state index is 10.4. The lowest BCUT2D eigenvalue weighted by molar-refractivity contribution is 0.0166. The molecule has 96 valence electrons. The van der Waals surface area contributed by atoms with Crippen LogP contribution in [0, 0.1) is 0 Å². The van der Waals surface area contributed by atoms with Gasteiger partial charge in [0, 0.05) is 6.54 Å². The van der Waals surface area contributed by atoms with Crippen molar-refractivity contribution in [3.8, 4) is 0 Å². The monoisotopic (exact) mass is 245 g/mol. The molecule has 4 heteroatoms. The zero-order valence-electron chi connectivity index (χ0n) is 10.4. The van der Waals surface area contributed by atoms with Gasteiger partial charge in [0.05, 0.1) is 16.6 Å². The number of imidazole rings is 1. The molecule has 0 atom stereocenters. The van der Waals surface area contributed by atoms with Crippen LogP contribution in [-0.2, 0) is 0 Å². The summed E-state index contributed by atoms with van der Waals surface area (Å²) in [7, 11) is 0. The molecule has 0 bridgehead atoms. The molecular weight excluding hydrogens is 226 g/mol. The topological polar surface area (TPSA) is 60.9 Å². The highest BCUT2D eigenvalue weighted by molar-refractivity contribution is 5.77. The van der Waals surface area contributed by atoms with E-state index >= 15 is 0 Å². The van der Waals surface area contributed by atoms with Crippen molar-refractivity contribution in [2.24, 2.45) is 0 Å². The molecule has 1 aliphatic rings. The first-order chi connectivity index (χ1) is 8.75. The van der Waals surface area contributed by atoms with Gasteiger partial charge in [-0.1, -0.05) is 31.4 Å². The van der Waals surface area contributed by atoms with Gasteiger partial charge >= 0.3 is 0 Å². The molecule has 1 aromatic heterocycles. The van der Waals surface area contributed by atoms with E-state index in [2.05, 4.69) is 15.3 Å². The van der Waals surface area contributed by atoms with Gasteiger partial charge in [0.1, 0.15) is 0 Å². The Bertz CT molecular complexity index is 496. The minimum atomic E-state index is -0.558. The number of aromatic nitrogens is 2. The SMILES string of the molecule is OC1(CNc2nc3ccccc3[nH]2)CCCCC1. The fourth-order valence-corrected chi connectivity index (χ4v) is 2.67. The number of nitrogens with zero attached hydrogens (tertiary/aromatic N) is 1. The quantitative estimate of drug-likeness (QED) is 0.779. The van der Waals surface area contributed by atoms with Crippen molar-refractivity contribution in [1.82, 2.24) is 9.97 Å². The van der Waals surface area contributed by atoms with Gasteiger partial charge in [0.15, 0.2) is 0 Å². The number of aliphatic hydroxyl groups is 1. The Labute approximate surface area is 106 Å². The second kappa shape index (κ2) is 4.61. The summed E-state index contributed by atoms with van der Waals surface area (Å²) in [5, 5.41) is 13.6. The predicted molar refractivity (Wildman–Crippen MR) is 72.6 cm³/mol. The van der Waals surface area contributed by atoms with Crippen LogP contribution in [-0.4, -0.2) is 27.2 Å². The van der Waals surface area contributed by atoms with Crippen LogP contribution in [0.3, 0.4) is 0 Å². The lowest BCUT2D eigenvalue weighted by Crippen LogP contribution is -2.38. The zero-order chi connectivity index (χ0) is 12.4. The van der Waals surface area contributed by atoms with Crippen molar-refractivity contribution in [1.29, 1.82) is 0 Å². The highest BCUT2D eigenvalue weighted by Crippen LogP contribution is 2.28. The summed E-state index contributed by atoms with van der Waals surface area (Å²) >= 11 is 0. The second-order valence-electron chi connectivity index (χ2n) is 5.24. The van der Waals surface area contributed by atoms with E-state index in [9.17, 15) is 5.11 Å². The standard InChI is InChI=1S/C14H19N3O/c18-14(8-4-1-5-9-14)10-15-13-16-11-6-2-3-7-12(11)17-13/h2-3,6-7,18H,1,4-5,8-10H2,(H2,15,16,17). The number of nitrogens with one attached hydrogen (secondary N) is 2. The minimum Gasteiger partial charge on any atom is -0.388 e. The highest BCUT2D eigenvalue weighted by atomic mass is 16.3. The number of fused-ring (bicyclic) bond motifs is 1. The summed E-state index contributed by atoms with van der Waals surface area (Å²) < 4.78 is 0. The van der Waals surface area contributed by atoms with Crippen molar-refractivity contribution in [3.63, 3.8) is 0 Å². The Kier molecular flexibility index (Phi) is 2.96. The van der Waals surface area contributed by atoms with Gasteiger partial charge in [0.2, 0.25) is 5.95 Å². The van der Waals surface area contributed by atoms with Crippen molar-refractivity contribution in [3.05, 3.63) is 24.3 Å². The molecular formula is C14H19N3O. The van der Waals surface area contributed by atoms with E-state index in [1.54, 1.807) is 0 Å². The third-order valence-corrected chi connectivity index (χ3v) is 3.76. The fourth-order valence-electron chi connectivity index (χ4n) is 2.67. The van der Waals surface area contributed by atoms with Crippen LogP contribution in [0.15, 0.2) is 24.3 Å². The van der Waals surface area contributed by atoms with E-state index in [1.807, 2.05) is 24.3 Å². The summed E-state index contributed by atoms with van der Waals surface area (Å²) in [4.78, 5) is 7.67. The fraction of sp³-hybridized carbons (Fsp3) is 0.500. The number of rotatable bonds is 3. The van der Waals surface area contributed by atoms with Gasteiger partial charge in [-0.15, -0.1) is 0 Å². The molecule has 0 saturated heterocycles. The zero-order valence-corrected chi connectivity index (χ0v) is 10.4. The Morgan fingerprint density at radius 1 is 1.22 bits per heavy atom. The van der Waals surface area contributed by atoms with Crippen molar-refractivity contribution in [2.45, 2.75) is 37.7 Å².